The molecule has 0 radical (unpaired) electrons. The van der Waals surface area contributed by atoms with Gasteiger partial charge in [-0.25, -0.2) is 8.78 Å². The number of esters is 1. The monoisotopic (exact) mass is 312 g/mol. The second kappa shape index (κ2) is 7.68. The Morgan fingerprint density at radius 2 is 2.05 bits per heavy atom. The molecule has 1 aromatic carbocycles. The summed E-state index contributed by atoms with van der Waals surface area (Å²) in [6.07, 6.45) is -0.415. The normalized spacial score (nSPS) is 24.0. The van der Waals surface area contributed by atoms with Gasteiger partial charge in [0.05, 0.1) is 25.7 Å². The van der Waals surface area contributed by atoms with Crippen molar-refractivity contribution in [3.8, 4) is 0 Å². The van der Waals surface area contributed by atoms with Gasteiger partial charge in [0.15, 0.2) is 0 Å². The van der Waals surface area contributed by atoms with Crippen molar-refractivity contribution in [2.75, 3.05) is 13.2 Å². The van der Waals surface area contributed by atoms with Gasteiger partial charge in [-0.05, 0) is 18.9 Å². The van der Waals surface area contributed by atoms with Crippen molar-refractivity contribution in [3.05, 3.63) is 35.9 Å². The summed E-state index contributed by atoms with van der Waals surface area (Å²) >= 11 is 0. The molecular weight excluding hydrogens is 290 g/mol. The summed E-state index contributed by atoms with van der Waals surface area (Å²) in [5, 5.41) is 0. The summed E-state index contributed by atoms with van der Waals surface area (Å²) in [5.74, 6) is -4.09. The zero-order valence-electron chi connectivity index (χ0n) is 12.8. The van der Waals surface area contributed by atoms with E-state index in [1.54, 1.807) is 6.92 Å². The standard InChI is InChI=1S/C17H22F2O3/c1-2-22-16(20)15-8-9-17(18,19)10-14(15)12-21-11-13-6-4-3-5-7-13/h3-7,14-15H,2,8-12H2,1H3. The van der Waals surface area contributed by atoms with Crippen molar-refractivity contribution in [2.24, 2.45) is 11.8 Å². The molecule has 2 rings (SSSR count). The first-order chi connectivity index (χ1) is 10.5. The van der Waals surface area contributed by atoms with Crippen LogP contribution in [0.5, 0.6) is 0 Å². The molecule has 1 fully saturated rings. The maximum atomic E-state index is 13.6. The van der Waals surface area contributed by atoms with Gasteiger partial charge in [-0.2, -0.15) is 0 Å². The molecule has 0 saturated heterocycles. The lowest BCUT2D eigenvalue weighted by atomic mass is 9.78. The van der Waals surface area contributed by atoms with Gasteiger partial charge in [0.1, 0.15) is 0 Å². The molecule has 22 heavy (non-hydrogen) atoms. The second-order valence-corrected chi connectivity index (χ2v) is 5.72. The Kier molecular flexibility index (Phi) is 5.89. The molecule has 0 heterocycles. The molecule has 0 N–H and O–H groups in total. The van der Waals surface area contributed by atoms with Gasteiger partial charge in [0.25, 0.3) is 0 Å². The Morgan fingerprint density at radius 1 is 1.32 bits per heavy atom. The van der Waals surface area contributed by atoms with Crippen LogP contribution >= 0.6 is 0 Å². The average molecular weight is 312 g/mol. The number of ether oxygens (including phenoxy) is 2. The lowest BCUT2D eigenvalue weighted by Crippen LogP contribution is -2.39. The number of benzene rings is 1. The van der Waals surface area contributed by atoms with Crippen molar-refractivity contribution in [1.82, 2.24) is 0 Å². The number of carbonyl (C=O) groups excluding carboxylic acids is 1. The molecule has 0 aliphatic heterocycles. The van der Waals surface area contributed by atoms with E-state index < -0.39 is 17.8 Å². The van der Waals surface area contributed by atoms with Crippen LogP contribution in [-0.2, 0) is 20.9 Å². The van der Waals surface area contributed by atoms with Gasteiger partial charge in [0.2, 0.25) is 5.92 Å². The number of carbonyl (C=O) groups is 1. The van der Waals surface area contributed by atoms with Gasteiger partial charge < -0.3 is 9.47 Å². The fourth-order valence-electron chi connectivity index (χ4n) is 2.87. The summed E-state index contributed by atoms with van der Waals surface area (Å²) in [5.41, 5.74) is 0.984. The van der Waals surface area contributed by atoms with Crippen LogP contribution in [0.4, 0.5) is 8.78 Å². The highest BCUT2D eigenvalue weighted by atomic mass is 19.3. The zero-order valence-corrected chi connectivity index (χ0v) is 12.8. The van der Waals surface area contributed by atoms with E-state index in [0.717, 1.165) is 5.56 Å². The molecule has 0 aromatic heterocycles. The first kappa shape index (κ1) is 16.9. The fourth-order valence-corrected chi connectivity index (χ4v) is 2.87. The van der Waals surface area contributed by atoms with E-state index >= 15 is 0 Å². The van der Waals surface area contributed by atoms with Crippen molar-refractivity contribution in [1.29, 1.82) is 0 Å². The van der Waals surface area contributed by atoms with Crippen molar-refractivity contribution in [3.63, 3.8) is 0 Å². The summed E-state index contributed by atoms with van der Waals surface area (Å²) in [4.78, 5) is 11.9. The Labute approximate surface area is 129 Å². The van der Waals surface area contributed by atoms with Crippen LogP contribution in [0.15, 0.2) is 30.3 Å². The first-order valence-corrected chi connectivity index (χ1v) is 7.68. The lowest BCUT2D eigenvalue weighted by molar-refractivity contribution is -0.159. The minimum atomic E-state index is -2.72. The number of alkyl halides is 2. The molecule has 0 amide bonds. The van der Waals surface area contributed by atoms with Crippen LogP contribution < -0.4 is 0 Å². The lowest BCUT2D eigenvalue weighted by Gasteiger charge is -2.34. The van der Waals surface area contributed by atoms with Crippen LogP contribution in [0.1, 0.15) is 31.7 Å². The smallest absolute Gasteiger partial charge is 0.309 e. The molecule has 2 atom stereocenters. The highest BCUT2D eigenvalue weighted by molar-refractivity contribution is 5.73. The highest BCUT2D eigenvalue weighted by Gasteiger charge is 2.44. The molecule has 1 saturated carbocycles. The Morgan fingerprint density at radius 3 is 2.73 bits per heavy atom. The SMILES string of the molecule is CCOC(=O)C1CCC(F)(F)CC1COCc1ccccc1. The molecule has 2 unspecified atom stereocenters. The van der Waals surface area contributed by atoms with Gasteiger partial charge in [-0.3, -0.25) is 4.79 Å². The Balaban J connectivity index is 1.92. The van der Waals surface area contributed by atoms with Gasteiger partial charge in [-0.1, -0.05) is 30.3 Å². The first-order valence-electron chi connectivity index (χ1n) is 7.68. The minimum Gasteiger partial charge on any atom is -0.466 e. The zero-order chi connectivity index (χ0) is 16.0. The molecule has 5 heteroatoms. The minimum absolute atomic E-state index is 0.147. The van der Waals surface area contributed by atoms with E-state index in [9.17, 15) is 13.6 Å². The van der Waals surface area contributed by atoms with Gasteiger partial charge >= 0.3 is 5.97 Å². The number of rotatable bonds is 6. The van der Waals surface area contributed by atoms with Gasteiger partial charge in [-0.15, -0.1) is 0 Å². The van der Waals surface area contributed by atoms with Crippen LogP contribution in [-0.4, -0.2) is 25.1 Å². The van der Waals surface area contributed by atoms with Crippen LogP contribution in [0.3, 0.4) is 0 Å². The molecule has 0 spiro atoms. The molecular formula is C17H22F2O3. The number of hydrogen-bond donors (Lipinski definition) is 0. The molecule has 1 aliphatic rings. The molecule has 1 aliphatic carbocycles. The summed E-state index contributed by atoms with van der Waals surface area (Å²) in [6.45, 7) is 2.49. The summed E-state index contributed by atoms with van der Waals surface area (Å²) in [6, 6.07) is 9.53. The van der Waals surface area contributed by atoms with Crippen molar-refractivity contribution >= 4 is 5.97 Å². The predicted octanol–water partition coefficient (Wildman–Crippen LogP) is 3.82. The van der Waals surface area contributed by atoms with Crippen LogP contribution in [0.2, 0.25) is 0 Å². The molecule has 1 aromatic rings. The largest absolute Gasteiger partial charge is 0.466 e. The predicted molar refractivity (Wildman–Crippen MR) is 78.5 cm³/mol. The summed E-state index contributed by atoms with van der Waals surface area (Å²) < 4.78 is 37.8. The topological polar surface area (TPSA) is 35.5 Å². The third-order valence-electron chi connectivity index (χ3n) is 3.98. The van der Waals surface area contributed by atoms with E-state index in [1.807, 2.05) is 30.3 Å². The maximum absolute atomic E-state index is 13.6. The summed E-state index contributed by atoms with van der Waals surface area (Å²) in [7, 11) is 0. The maximum Gasteiger partial charge on any atom is 0.309 e. The third kappa shape index (κ3) is 4.77. The van der Waals surface area contributed by atoms with Crippen molar-refractivity contribution < 1.29 is 23.0 Å². The quantitative estimate of drug-likeness (QED) is 0.749. The highest BCUT2D eigenvalue weighted by Crippen LogP contribution is 2.40. The Hall–Kier alpha value is -1.49. The van der Waals surface area contributed by atoms with Crippen LogP contribution in [0, 0.1) is 11.8 Å². The Bertz CT molecular complexity index is 476. The van der Waals surface area contributed by atoms with E-state index in [-0.39, 0.29) is 38.4 Å². The second-order valence-electron chi connectivity index (χ2n) is 5.72. The van der Waals surface area contributed by atoms with E-state index in [1.165, 1.54) is 0 Å². The van der Waals surface area contributed by atoms with E-state index in [4.69, 9.17) is 9.47 Å². The molecule has 122 valence electrons. The fraction of sp³-hybridized carbons (Fsp3) is 0.588. The molecule has 3 nitrogen and oxygen atoms in total. The number of hydrogen-bond acceptors (Lipinski definition) is 3. The van der Waals surface area contributed by atoms with Crippen molar-refractivity contribution in [2.45, 2.75) is 38.7 Å². The van der Waals surface area contributed by atoms with E-state index in [0.29, 0.717) is 6.61 Å². The molecule has 0 bridgehead atoms. The van der Waals surface area contributed by atoms with E-state index in [2.05, 4.69) is 0 Å². The van der Waals surface area contributed by atoms with Crippen LogP contribution in [0.25, 0.3) is 0 Å². The number of halogens is 2. The van der Waals surface area contributed by atoms with Gasteiger partial charge in [0, 0.05) is 18.8 Å². The average Bonchev–Trinajstić information content (AvgIpc) is 2.48. The third-order valence-corrected chi connectivity index (χ3v) is 3.98.